The molecule has 0 bridgehead atoms. The van der Waals surface area contributed by atoms with E-state index in [1.54, 1.807) is 0 Å². The number of rotatable bonds is 2. The van der Waals surface area contributed by atoms with Crippen LogP contribution in [0.25, 0.3) is 17.0 Å². The summed E-state index contributed by atoms with van der Waals surface area (Å²) in [4.78, 5) is 4.55. The molecule has 0 amide bonds. The highest BCUT2D eigenvalue weighted by atomic mass is 14.7. The highest BCUT2D eigenvalue weighted by molar-refractivity contribution is 5.78. The van der Waals surface area contributed by atoms with Gasteiger partial charge in [-0.1, -0.05) is 54.6 Å². The van der Waals surface area contributed by atoms with E-state index in [-0.39, 0.29) is 0 Å². The molecule has 0 unspecified atom stereocenters. The van der Waals surface area contributed by atoms with E-state index in [1.165, 1.54) is 0 Å². The molecule has 1 heteroatoms. The van der Waals surface area contributed by atoms with Crippen molar-refractivity contribution in [3.8, 4) is 0 Å². The van der Waals surface area contributed by atoms with Crippen LogP contribution in [0.1, 0.15) is 11.3 Å². The third-order valence-electron chi connectivity index (χ3n) is 2.78. The quantitative estimate of drug-likeness (QED) is 0.646. The van der Waals surface area contributed by atoms with Crippen molar-refractivity contribution >= 4 is 17.0 Å². The lowest BCUT2D eigenvalue weighted by Crippen LogP contribution is -1.83. The fraction of sp³-hybridized carbons (Fsp3) is 0. The Hall–Kier alpha value is -2.41. The van der Waals surface area contributed by atoms with Crippen LogP contribution in [0.5, 0.6) is 0 Å². The minimum Gasteiger partial charge on any atom is -0.248 e. The molecule has 1 nitrogen and oxygen atoms in total. The number of nitrogens with zero attached hydrogens (tertiary/aromatic N) is 1. The average molecular weight is 230 g/mol. The summed E-state index contributed by atoms with van der Waals surface area (Å²) in [6, 6.07) is 22.3. The number of hydrogen-bond donors (Lipinski definition) is 0. The van der Waals surface area contributed by atoms with Crippen LogP contribution < -0.4 is 0 Å². The zero-order chi connectivity index (χ0) is 12.2. The Balaban J connectivity index is 1.93. The predicted octanol–water partition coefficient (Wildman–Crippen LogP) is 4.10. The smallest absolute Gasteiger partial charge is 0.0716 e. The van der Waals surface area contributed by atoms with E-state index in [4.69, 9.17) is 0 Å². The SMILES string of the molecule is [C](=Cc1ccccc1)c1ccc2ccccc2n1. The summed E-state index contributed by atoms with van der Waals surface area (Å²) in [6.45, 7) is 0. The van der Waals surface area contributed by atoms with Gasteiger partial charge in [-0.25, -0.2) is 4.98 Å². The van der Waals surface area contributed by atoms with E-state index in [1.807, 2.05) is 60.7 Å². The molecule has 2 aromatic carbocycles. The van der Waals surface area contributed by atoms with Crippen LogP contribution in [0.4, 0.5) is 0 Å². The largest absolute Gasteiger partial charge is 0.248 e. The van der Waals surface area contributed by atoms with Gasteiger partial charge in [0, 0.05) is 11.5 Å². The number of benzene rings is 2. The first-order chi connectivity index (χ1) is 8.92. The highest BCUT2D eigenvalue weighted by Gasteiger charge is 1.94. The zero-order valence-corrected chi connectivity index (χ0v) is 9.88. The van der Waals surface area contributed by atoms with Gasteiger partial charge in [-0.15, -0.1) is 0 Å². The van der Waals surface area contributed by atoms with Crippen LogP contribution in [0.2, 0.25) is 0 Å². The molecule has 0 fully saturated rings. The zero-order valence-electron chi connectivity index (χ0n) is 9.88. The lowest BCUT2D eigenvalue weighted by atomic mass is 10.1. The maximum Gasteiger partial charge on any atom is 0.0716 e. The maximum absolute atomic E-state index is 4.55. The molecule has 0 aliphatic carbocycles. The molecule has 0 saturated heterocycles. The highest BCUT2D eigenvalue weighted by Crippen LogP contribution is 2.12. The van der Waals surface area contributed by atoms with Crippen molar-refractivity contribution in [1.82, 2.24) is 4.98 Å². The van der Waals surface area contributed by atoms with Crippen molar-refractivity contribution < 1.29 is 0 Å². The Morgan fingerprint density at radius 3 is 2.44 bits per heavy atom. The van der Waals surface area contributed by atoms with Crippen LogP contribution in [0.15, 0.2) is 66.7 Å². The summed E-state index contributed by atoms with van der Waals surface area (Å²) in [5.74, 6) is 0. The molecule has 3 rings (SSSR count). The first-order valence-electron chi connectivity index (χ1n) is 5.92. The molecule has 0 spiro atoms. The van der Waals surface area contributed by atoms with Crippen molar-refractivity contribution in [2.75, 3.05) is 0 Å². The van der Waals surface area contributed by atoms with Gasteiger partial charge in [-0.3, -0.25) is 0 Å². The molecule has 0 aliphatic heterocycles. The summed E-state index contributed by atoms with van der Waals surface area (Å²) in [5.41, 5.74) is 2.99. The molecular weight excluding hydrogens is 218 g/mol. The molecule has 3 aromatic rings. The van der Waals surface area contributed by atoms with Gasteiger partial charge < -0.3 is 0 Å². The first-order valence-corrected chi connectivity index (χ1v) is 5.92. The summed E-state index contributed by atoms with van der Waals surface area (Å²) in [5, 5.41) is 1.16. The second-order valence-electron chi connectivity index (χ2n) is 4.09. The average Bonchev–Trinajstić information content (AvgIpc) is 2.46. The van der Waals surface area contributed by atoms with Gasteiger partial charge in [0.2, 0.25) is 0 Å². The molecule has 0 atom stereocenters. The van der Waals surface area contributed by atoms with E-state index < -0.39 is 0 Å². The third kappa shape index (κ3) is 2.30. The van der Waals surface area contributed by atoms with Crippen molar-refractivity contribution in [1.29, 1.82) is 0 Å². The molecule has 85 valence electrons. The monoisotopic (exact) mass is 230 g/mol. The first kappa shape index (κ1) is 10.7. The van der Waals surface area contributed by atoms with Crippen molar-refractivity contribution in [3.05, 3.63) is 84.1 Å². The fourth-order valence-electron chi connectivity index (χ4n) is 1.85. The van der Waals surface area contributed by atoms with E-state index in [0.717, 1.165) is 22.2 Å². The number of para-hydroxylation sites is 1. The van der Waals surface area contributed by atoms with Crippen molar-refractivity contribution in [2.45, 2.75) is 0 Å². The van der Waals surface area contributed by atoms with Gasteiger partial charge in [-0.2, -0.15) is 0 Å². The van der Waals surface area contributed by atoms with Crippen molar-refractivity contribution in [2.24, 2.45) is 0 Å². The summed E-state index contributed by atoms with van der Waals surface area (Å²) in [7, 11) is 0. The van der Waals surface area contributed by atoms with Gasteiger partial charge in [0.15, 0.2) is 0 Å². The molecule has 1 heterocycles. The molecule has 0 N–H and O–H groups in total. The summed E-state index contributed by atoms with van der Waals surface area (Å²) >= 11 is 0. The van der Waals surface area contributed by atoms with E-state index in [0.29, 0.717) is 0 Å². The predicted molar refractivity (Wildman–Crippen MR) is 75.0 cm³/mol. The minimum absolute atomic E-state index is 0.859. The summed E-state index contributed by atoms with van der Waals surface area (Å²) < 4.78 is 0. The molecule has 1 aromatic heterocycles. The second-order valence-corrected chi connectivity index (χ2v) is 4.09. The Morgan fingerprint density at radius 2 is 1.56 bits per heavy atom. The normalized spacial score (nSPS) is 11.1. The minimum atomic E-state index is 0.859. The maximum atomic E-state index is 4.55. The molecule has 0 saturated carbocycles. The van der Waals surface area contributed by atoms with Crippen LogP contribution in [-0.4, -0.2) is 4.98 Å². The summed E-state index contributed by atoms with van der Waals surface area (Å²) in [6.07, 6.45) is 5.17. The van der Waals surface area contributed by atoms with E-state index in [9.17, 15) is 0 Å². The van der Waals surface area contributed by atoms with Crippen LogP contribution in [-0.2, 0) is 0 Å². The lowest BCUT2D eigenvalue weighted by Gasteiger charge is -1.98. The Bertz CT molecular complexity index is 684. The molecular formula is C17H12N. The lowest BCUT2D eigenvalue weighted by molar-refractivity contribution is 1.32. The Morgan fingerprint density at radius 1 is 0.778 bits per heavy atom. The van der Waals surface area contributed by atoms with Crippen LogP contribution in [0.3, 0.4) is 0 Å². The van der Waals surface area contributed by atoms with Gasteiger partial charge in [0.1, 0.15) is 0 Å². The van der Waals surface area contributed by atoms with Gasteiger partial charge in [-0.05, 0) is 23.8 Å². The molecule has 18 heavy (non-hydrogen) atoms. The van der Waals surface area contributed by atoms with Gasteiger partial charge in [0.25, 0.3) is 0 Å². The van der Waals surface area contributed by atoms with Crippen LogP contribution in [0, 0.1) is 6.08 Å². The van der Waals surface area contributed by atoms with E-state index in [2.05, 4.69) is 23.2 Å². The molecule has 1 radical (unpaired) electrons. The number of pyridine rings is 1. The van der Waals surface area contributed by atoms with E-state index >= 15 is 0 Å². The topological polar surface area (TPSA) is 12.9 Å². The second kappa shape index (κ2) is 4.84. The third-order valence-corrected chi connectivity index (χ3v) is 2.78. The standard InChI is InChI=1S/C17H12N/c1-2-6-14(7-3-1)10-12-16-13-11-15-8-4-5-9-17(15)18-16/h1-11,13H. The number of hydrogen-bond acceptors (Lipinski definition) is 1. The fourth-order valence-corrected chi connectivity index (χ4v) is 1.85. The Labute approximate surface area is 106 Å². The molecule has 0 aliphatic rings. The van der Waals surface area contributed by atoms with Crippen LogP contribution >= 0.6 is 0 Å². The Kier molecular flexibility index (Phi) is 2.89. The number of fused-ring (bicyclic) bond motifs is 1. The van der Waals surface area contributed by atoms with Gasteiger partial charge >= 0.3 is 0 Å². The van der Waals surface area contributed by atoms with Gasteiger partial charge in [0.05, 0.1) is 11.2 Å². The number of aromatic nitrogens is 1. The van der Waals surface area contributed by atoms with Crippen molar-refractivity contribution in [3.63, 3.8) is 0 Å².